The summed E-state index contributed by atoms with van der Waals surface area (Å²) in [6, 6.07) is 0.366. The molecule has 1 saturated heterocycles. The highest BCUT2D eigenvalue weighted by Crippen LogP contribution is 2.11. The van der Waals surface area contributed by atoms with Crippen molar-refractivity contribution in [3.63, 3.8) is 0 Å². The van der Waals surface area contributed by atoms with Crippen molar-refractivity contribution in [3.8, 4) is 0 Å². The summed E-state index contributed by atoms with van der Waals surface area (Å²) in [6.07, 6.45) is 2.39. The first-order valence-electron chi connectivity index (χ1n) is 3.86. The Morgan fingerprint density at radius 2 is 2.40 bits per heavy atom. The summed E-state index contributed by atoms with van der Waals surface area (Å²) in [5.74, 6) is 0. The van der Waals surface area contributed by atoms with Crippen molar-refractivity contribution in [1.82, 2.24) is 4.90 Å². The molecule has 1 fully saturated rings. The van der Waals surface area contributed by atoms with Gasteiger partial charge >= 0.3 is 0 Å². The molecule has 0 aromatic heterocycles. The Balaban J connectivity index is 2.39. The van der Waals surface area contributed by atoms with Crippen LogP contribution >= 0.6 is 0 Å². The zero-order valence-corrected chi connectivity index (χ0v) is 6.64. The van der Waals surface area contributed by atoms with Gasteiger partial charge in [-0.25, -0.2) is 0 Å². The van der Waals surface area contributed by atoms with E-state index in [2.05, 4.69) is 11.5 Å². The summed E-state index contributed by atoms with van der Waals surface area (Å²) < 4.78 is 0. The Morgan fingerprint density at radius 3 is 2.80 bits per heavy atom. The van der Waals surface area contributed by atoms with E-state index < -0.39 is 0 Å². The molecule has 1 aliphatic heterocycles. The van der Waals surface area contributed by atoms with Crippen LogP contribution in [0, 0.1) is 0 Å². The summed E-state index contributed by atoms with van der Waals surface area (Å²) >= 11 is 0. The SMILES string of the molecule is C=C(C)N1CCCC(N)C1. The lowest BCUT2D eigenvalue weighted by Gasteiger charge is -2.32. The van der Waals surface area contributed by atoms with Gasteiger partial charge in [-0.3, -0.25) is 0 Å². The molecule has 0 spiro atoms. The van der Waals surface area contributed by atoms with Crippen molar-refractivity contribution in [2.75, 3.05) is 13.1 Å². The van der Waals surface area contributed by atoms with Gasteiger partial charge in [0.1, 0.15) is 0 Å². The van der Waals surface area contributed by atoms with Gasteiger partial charge in [-0.15, -0.1) is 0 Å². The van der Waals surface area contributed by atoms with Crippen LogP contribution in [-0.2, 0) is 0 Å². The second kappa shape index (κ2) is 3.06. The van der Waals surface area contributed by atoms with E-state index in [1.54, 1.807) is 0 Å². The lowest BCUT2D eigenvalue weighted by molar-refractivity contribution is 0.261. The number of piperidine rings is 1. The average molecular weight is 140 g/mol. The molecule has 0 bridgehead atoms. The second-order valence-electron chi connectivity index (χ2n) is 3.08. The Labute approximate surface area is 62.7 Å². The maximum absolute atomic E-state index is 5.78. The van der Waals surface area contributed by atoms with Crippen LogP contribution in [0.5, 0.6) is 0 Å². The minimum Gasteiger partial charge on any atom is -0.374 e. The van der Waals surface area contributed by atoms with Crippen molar-refractivity contribution in [2.24, 2.45) is 5.73 Å². The summed E-state index contributed by atoms with van der Waals surface area (Å²) in [7, 11) is 0. The number of nitrogens with two attached hydrogens (primary N) is 1. The maximum Gasteiger partial charge on any atom is 0.0326 e. The number of hydrogen-bond acceptors (Lipinski definition) is 2. The number of hydrogen-bond donors (Lipinski definition) is 1. The van der Waals surface area contributed by atoms with Gasteiger partial charge in [0.2, 0.25) is 0 Å². The largest absolute Gasteiger partial charge is 0.374 e. The maximum atomic E-state index is 5.78. The molecule has 0 radical (unpaired) electrons. The molecular formula is C8H16N2. The fourth-order valence-corrected chi connectivity index (χ4v) is 1.36. The summed E-state index contributed by atoms with van der Waals surface area (Å²) in [5, 5.41) is 0. The molecular weight excluding hydrogens is 124 g/mol. The van der Waals surface area contributed by atoms with Gasteiger partial charge in [-0.2, -0.15) is 0 Å². The van der Waals surface area contributed by atoms with E-state index in [-0.39, 0.29) is 0 Å². The van der Waals surface area contributed by atoms with Gasteiger partial charge in [0.05, 0.1) is 0 Å². The van der Waals surface area contributed by atoms with E-state index in [0.717, 1.165) is 18.8 Å². The highest BCUT2D eigenvalue weighted by molar-refractivity contribution is 4.92. The normalized spacial score (nSPS) is 26.6. The van der Waals surface area contributed by atoms with Crippen molar-refractivity contribution in [2.45, 2.75) is 25.8 Å². The predicted octanol–water partition coefficient (Wildman–Crippen LogP) is 0.943. The predicted molar refractivity (Wildman–Crippen MR) is 43.6 cm³/mol. The lowest BCUT2D eigenvalue weighted by atomic mass is 10.1. The summed E-state index contributed by atoms with van der Waals surface area (Å²) in [5.41, 5.74) is 6.93. The first kappa shape index (κ1) is 7.61. The topological polar surface area (TPSA) is 29.3 Å². The lowest BCUT2D eigenvalue weighted by Crippen LogP contribution is -2.41. The molecule has 2 nitrogen and oxygen atoms in total. The average Bonchev–Trinajstić information content (AvgIpc) is 1.88. The first-order valence-corrected chi connectivity index (χ1v) is 3.86. The van der Waals surface area contributed by atoms with E-state index in [4.69, 9.17) is 5.73 Å². The minimum absolute atomic E-state index is 0.366. The van der Waals surface area contributed by atoms with E-state index in [9.17, 15) is 0 Å². The van der Waals surface area contributed by atoms with E-state index in [0.29, 0.717) is 6.04 Å². The minimum atomic E-state index is 0.366. The Bertz CT molecular complexity index is 131. The quantitative estimate of drug-likeness (QED) is 0.587. The van der Waals surface area contributed by atoms with Crippen LogP contribution in [0.2, 0.25) is 0 Å². The zero-order chi connectivity index (χ0) is 7.56. The van der Waals surface area contributed by atoms with Crippen LogP contribution in [0.1, 0.15) is 19.8 Å². The number of likely N-dealkylation sites (tertiary alicyclic amines) is 1. The number of nitrogens with zero attached hydrogens (tertiary/aromatic N) is 1. The fraction of sp³-hybridized carbons (Fsp3) is 0.750. The van der Waals surface area contributed by atoms with Crippen LogP contribution in [-0.4, -0.2) is 24.0 Å². The van der Waals surface area contributed by atoms with E-state index in [1.807, 2.05) is 6.92 Å². The van der Waals surface area contributed by atoms with E-state index >= 15 is 0 Å². The van der Waals surface area contributed by atoms with Gasteiger partial charge in [-0.1, -0.05) is 6.58 Å². The third kappa shape index (κ3) is 1.74. The summed E-state index contributed by atoms with van der Waals surface area (Å²) in [4.78, 5) is 2.26. The molecule has 0 aromatic rings. The van der Waals surface area contributed by atoms with Crippen LogP contribution in [0.4, 0.5) is 0 Å². The van der Waals surface area contributed by atoms with Crippen molar-refractivity contribution < 1.29 is 0 Å². The Morgan fingerprint density at radius 1 is 1.70 bits per heavy atom. The molecule has 0 aliphatic carbocycles. The monoisotopic (exact) mass is 140 g/mol. The molecule has 1 atom stereocenters. The zero-order valence-electron chi connectivity index (χ0n) is 6.64. The van der Waals surface area contributed by atoms with Gasteiger partial charge in [0.25, 0.3) is 0 Å². The highest BCUT2D eigenvalue weighted by Gasteiger charge is 2.14. The molecule has 1 rings (SSSR count). The Hall–Kier alpha value is -0.500. The van der Waals surface area contributed by atoms with Crippen LogP contribution in [0.25, 0.3) is 0 Å². The van der Waals surface area contributed by atoms with Crippen LogP contribution in [0.15, 0.2) is 12.3 Å². The molecule has 0 saturated carbocycles. The molecule has 0 aromatic carbocycles. The molecule has 0 amide bonds. The molecule has 10 heavy (non-hydrogen) atoms. The summed E-state index contributed by atoms with van der Waals surface area (Å²) in [6.45, 7) is 8.06. The number of allylic oxidation sites excluding steroid dienone is 1. The van der Waals surface area contributed by atoms with Crippen molar-refractivity contribution >= 4 is 0 Å². The van der Waals surface area contributed by atoms with Gasteiger partial charge in [-0.05, 0) is 19.8 Å². The van der Waals surface area contributed by atoms with E-state index in [1.165, 1.54) is 12.8 Å². The molecule has 2 heteroatoms. The van der Waals surface area contributed by atoms with Crippen LogP contribution in [0.3, 0.4) is 0 Å². The van der Waals surface area contributed by atoms with Crippen molar-refractivity contribution in [1.29, 1.82) is 0 Å². The third-order valence-corrected chi connectivity index (χ3v) is 2.00. The molecule has 1 aliphatic rings. The van der Waals surface area contributed by atoms with Gasteiger partial charge < -0.3 is 10.6 Å². The molecule has 1 unspecified atom stereocenters. The second-order valence-corrected chi connectivity index (χ2v) is 3.08. The third-order valence-electron chi connectivity index (χ3n) is 2.00. The van der Waals surface area contributed by atoms with Gasteiger partial charge in [0.15, 0.2) is 0 Å². The smallest absolute Gasteiger partial charge is 0.0326 e. The van der Waals surface area contributed by atoms with Crippen LogP contribution < -0.4 is 5.73 Å². The molecule has 58 valence electrons. The number of rotatable bonds is 1. The van der Waals surface area contributed by atoms with Gasteiger partial charge in [0, 0.05) is 24.8 Å². The van der Waals surface area contributed by atoms with Crippen molar-refractivity contribution in [3.05, 3.63) is 12.3 Å². The first-order chi connectivity index (χ1) is 4.70. The molecule has 2 N–H and O–H groups in total. The fourth-order valence-electron chi connectivity index (χ4n) is 1.36. The molecule has 1 heterocycles. The standard InChI is InChI=1S/C8H16N2/c1-7(2)10-5-3-4-8(9)6-10/h8H,1,3-6,9H2,2H3. The highest BCUT2D eigenvalue weighted by atomic mass is 15.1. The Kier molecular flexibility index (Phi) is 2.33.